The summed E-state index contributed by atoms with van der Waals surface area (Å²) >= 11 is 0. The molecule has 534 valence electrons. The molecule has 0 aliphatic carbocycles. The van der Waals surface area contributed by atoms with Crippen LogP contribution in [0.5, 0.6) is 0 Å². The summed E-state index contributed by atoms with van der Waals surface area (Å²) < 4.78 is 34.8. The molecule has 0 spiro atoms. The number of allylic oxidation sites excluding steroid dienone is 1. The molecule has 0 radical (unpaired) electrons. The van der Waals surface area contributed by atoms with Crippen molar-refractivity contribution in [2.45, 2.75) is 375 Å². The number of hydrogen-bond donors (Lipinski definition) is 14. The quantitative estimate of drug-likeness (QED) is 0.0223. The van der Waals surface area contributed by atoms with E-state index < -0.39 is 155 Å². The van der Waals surface area contributed by atoms with Crippen LogP contribution in [0.3, 0.4) is 0 Å². The molecule has 23 heteroatoms. The first kappa shape index (κ1) is 82.7. The van der Waals surface area contributed by atoms with Crippen LogP contribution in [0.2, 0.25) is 0 Å². The number of aliphatic carboxylic acids is 1. The minimum Gasteiger partial charge on any atom is -0.477 e. The van der Waals surface area contributed by atoms with E-state index in [9.17, 15) is 75.7 Å². The van der Waals surface area contributed by atoms with Gasteiger partial charge in [-0.1, -0.05) is 238 Å². The van der Waals surface area contributed by atoms with Crippen LogP contribution >= 0.6 is 0 Å². The number of carbonyl (C=O) groups is 3. The Hall–Kier alpha value is -2.53. The molecule has 3 aliphatic rings. The predicted molar refractivity (Wildman–Crippen MR) is 343 cm³/mol. The number of unbranched alkanes of at least 4 members (excludes halogenated alkanes) is 34. The molecule has 23 nitrogen and oxygen atoms in total. The van der Waals surface area contributed by atoms with E-state index in [4.69, 9.17) is 28.4 Å². The van der Waals surface area contributed by atoms with Crippen molar-refractivity contribution in [2.75, 3.05) is 26.4 Å². The summed E-state index contributed by atoms with van der Waals surface area (Å²) in [7, 11) is 0. The minimum atomic E-state index is -3.08. The Labute approximate surface area is 543 Å². The normalized spacial score (nSPS) is 28.4. The van der Waals surface area contributed by atoms with Crippen LogP contribution in [-0.2, 0) is 42.8 Å². The highest BCUT2D eigenvalue weighted by Gasteiger charge is 2.60. The summed E-state index contributed by atoms with van der Waals surface area (Å²) in [5.41, 5.74) is 0. The summed E-state index contributed by atoms with van der Waals surface area (Å²) in [6.07, 6.45) is 18.2. The number of aliphatic hydroxyl groups is 11. The number of amides is 2. The van der Waals surface area contributed by atoms with Gasteiger partial charge in [-0.3, -0.25) is 9.59 Å². The van der Waals surface area contributed by atoms with Crippen molar-refractivity contribution in [3.05, 3.63) is 12.2 Å². The van der Waals surface area contributed by atoms with Crippen LogP contribution in [0, 0.1) is 0 Å². The second-order valence-corrected chi connectivity index (χ2v) is 26.1. The molecule has 18 unspecified atom stereocenters. The zero-order valence-electron chi connectivity index (χ0n) is 55.7. The second-order valence-electron chi connectivity index (χ2n) is 26.1. The standard InChI is InChI=1S/C68H126N2O21/c1-4-6-8-10-12-14-16-18-20-22-24-25-27-29-31-33-35-37-39-41-50(75)49(70-55(78)42-40-38-36-34-32-30-28-26-23-21-19-17-15-13-11-9-7-5-2)47-86-65-60(82)59(81)62(54(46-73)88-65)89-66-61(83)64(58(80)53(45-72)87-66)91-68(67(84)85)43-51(76)56(69-48(3)74)63(90-68)57(79)52(77)44-71/h39,41,49-54,56-66,71-73,75-77,79-83H,4-38,40,42-47H2,1-3H3,(H,69,74)(H,70,78)(H,84,85)/b41-39+. The van der Waals surface area contributed by atoms with Gasteiger partial charge in [-0.2, -0.15) is 0 Å². The van der Waals surface area contributed by atoms with Gasteiger partial charge < -0.3 is 100 Å². The van der Waals surface area contributed by atoms with Gasteiger partial charge in [0.25, 0.3) is 5.79 Å². The first-order valence-corrected chi connectivity index (χ1v) is 35.6. The molecule has 91 heavy (non-hydrogen) atoms. The van der Waals surface area contributed by atoms with Crippen molar-refractivity contribution in [1.29, 1.82) is 0 Å². The van der Waals surface area contributed by atoms with Gasteiger partial charge in [0, 0.05) is 19.8 Å². The zero-order chi connectivity index (χ0) is 66.8. The van der Waals surface area contributed by atoms with Crippen LogP contribution in [0.4, 0.5) is 0 Å². The smallest absolute Gasteiger partial charge is 0.364 e. The molecule has 3 aliphatic heterocycles. The van der Waals surface area contributed by atoms with E-state index in [2.05, 4.69) is 24.5 Å². The minimum absolute atomic E-state index is 0.205. The zero-order valence-corrected chi connectivity index (χ0v) is 55.7. The summed E-state index contributed by atoms with van der Waals surface area (Å²) in [5, 5.41) is 136. The Morgan fingerprint density at radius 3 is 1.46 bits per heavy atom. The summed E-state index contributed by atoms with van der Waals surface area (Å²) in [6, 6.07) is -2.61. The average molecular weight is 1310 g/mol. The molecule has 14 N–H and O–H groups in total. The lowest BCUT2D eigenvalue weighted by Crippen LogP contribution is -2.70. The number of carboxylic acids is 1. The van der Waals surface area contributed by atoms with Crippen molar-refractivity contribution in [3.8, 4) is 0 Å². The van der Waals surface area contributed by atoms with Crippen molar-refractivity contribution in [2.24, 2.45) is 0 Å². The maximum Gasteiger partial charge on any atom is 0.364 e. The molecular formula is C68H126N2O21. The lowest BCUT2D eigenvalue weighted by atomic mass is 9.88. The van der Waals surface area contributed by atoms with Gasteiger partial charge in [0.15, 0.2) is 12.6 Å². The van der Waals surface area contributed by atoms with Crippen LogP contribution in [0.15, 0.2) is 12.2 Å². The van der Waals surface area contributed by atoms with Crippen molar-refractivity contribution in [3.63, 3.8) is 0 Å². The van der Waals surface area contributed by atoms with E-state index in [0.717, 1.165) is 51.9 Å². The second kappa shape index (κ2) is 49.1. The monoisotopic (exact) mass is 1310 g/mol. The first-order chi connectivity index (χ1) is 43.9. The maximum absolute atomic E-state index is 13.5. The predicted octanol–water partition coefficient (Wildman–Crippen LogP) is 6.68. The SMILES string of the molecule is CCCCCCCCCCCCCCCCCCC/C=C/C(O)C(COC1OC(CO)C(OC2OC(CO)C(O)C(OC3(C(=O)O)CC(O)C(NC(C)=O)C(C(O)C(O)CO)O3)C2O)C(O)C1O)NC(=O)CCCCCCCCCCCCCCCCCCCC. The fraction of sp³-hybridized carbons (Fsp3) is 0.926. The number of rotatable bonds is 54. The third kappa shape index (κ3) is 31.5. The van der Waals surface area contributed by atoms with Gasteiger partial charge in [0.1, 0.15) is 67.1 Å². The summed E-state index contributed by atoms with van der Waals surface area (Å²) in [5.74, 6) is -6.13. The van der Waals surface area contributed by atoms with E-state index in [1.165, 1.54) is 173 Å². The molecule has 18 atom stereocenters. The van der Waals surface area contributed by atoms with Gasteiger partial charge in [0.05, 0.1) is 50.7 Å². The maximum atomic E-state index is 13.5. The van der Waals surface area contributed by atoms with Crippen molar-refractivity contribution < 1.29 is 104 Å². The van der Waals surface area contributed by atoms with E-state index in [1.807, 2.05) is 6.08 Å². The molecule has 0 aromatic rings. The Bertz CT molecular complexity index is 1890. The number of aliphatic hydroxyl groups excluding tert-OH is 11. The van der Waals surface area contributed by atoms with Crippen molar-refractivity contribution in [1.82, 2.24) is 10.6 Å². The molecule has 3 saturated heterocycles. The topological polar surface area (TPSA) is 373 Å². The number of hydrogen-bond acceptors (Lipinski definition) is 20. The fourth-order valence-corrected chi connectivity index (χ4v) is 12.5. The number of nitrogens with one attached hydrogen (secondary N) is 2. The van der Waals surface area contributed by atoms with Gasteiger partial charge in [-0.15, -0.1) is 0 Å². The van der Waals surface area contributed by atoms with E-state index >= 15 is 0 Å². The molecule has 2 amide bonds. The molecule has 3 heterocycles. The lowest BCUT2D eigenvalue weighted by Gasteiger charge is -2.50. The lowest BCUT2D eigenvalue weighted by molar-refractivity contribution is -0.386. The van der Waals surface area contributed by atoms with Crippen LogP contribution in [-0.4, -0.2) is 215 Å². The largest absolute Gasteiger partial charge is 0.477 e. The fourth-order valence-electron chi connectivity index (χ4n) is 12.5. The Balaban J connectivity index is 1.60. The highest BCUT2D eigenvalue weighted by molar-refractivity contribution is 5.77. The molecule has 0 aromatic carbocycles. The number of carboxylic acid groups (broad SMARTS) is 1. The molecule has 0 bridgehead atoms. The van der Waals surface area contributed by atoms with E-state index in [1.54, 1.807) is 6.08 Å². The number of carbonyl (C=O) groups excluding carboxylic acids is 2. The molecule has 0 saturated carbocycles. The first-order valence-electron chi connectivity index (χ1n) is 35.6. The highest BCUT2D eigenvalue weighted by Crippen LogP contribution is 2.39. The molecule has 3 fully saturated rings. The van der Waals surface area contributed by atoms with Gasteiger partial charge in [0.2, 0.25) is 11.8 Å². The van der Waals surface area contributed by atoms with Crippen LogP contribution in [0.1, 0.15) is 265 Å². The van der Waals surface area contributed by atoms with E-state index in [-0.39, 0.29) is 12.3 Å². The van der Waals surface area contributed by atoms with E-state index in [0.29, 0.717) is 12.8 Å². The number of ether oxygens (including phenoxy) is 6. The Morgan fingerprint density at radius 2 is 1.02 bits per heavy atom. The van der Waals surface area contributed by atoms with Crippen molar-refractivity contribution >= 4 is 17.8 Å². The molecule has 0 aromatic heterocycles. The Morgan fingerprint density at radius 1 is 0.571 bits per heavy atom. The molecule has 3 rings (SSSR count). The van der Waals surface area contributed by atoms with Gasteiger partial charge >= 0.3 is 5.97 Å². The third-order valence-electron chi connectivity index (χ3n) is 18.2. The Kier molecular flexibility index (Phi) is 44.6. The molecular weight excluding hydrogens is 1180 g/mol. The average Bonchev–Trinajstić information content (AvgIpc) is 0.782. The summed E-state index contributed by atoms with van der Waals surface area (Å²) in [6.45, 7) is 2.16. The van der Waals surface area contributed by atoms with Crippen LogP contribution < -0.4 is 10.6 Å². The van der Waals surface area contributed by atoms with Gasteiger partial charge in [-0.05, 0) is 19.3 Å². The highest BCUT2D eigenvalue weighted by atomic mass is 16.8. The van der Waals surface area contributed by atoms with Gasteiger partial charge in [-0.25, -0.2) is 4.79 Å². The third-order valence-corrected chi connectivity index (χ3v) is 18.2. The van der Waals surface area contributed by atoms with Crippen LogP contribution in [0.25, 0.3) is 0 Å². The summed E-state index contributed by atoms with van der Waals surface area (Å²) in [4.78, 5) is 38.5.